The molecule has 2 aromatic rings. The molecule has 0 spiro atoms. The first-order valence-electron chi connectivity index (χ1n) is 8.25. The zero-order valence-electron chi connectivity index (χ0n) is 14.1. The lowest BCUT2D eigenvalue weighted by Gasteiger charge is -2.11. The Morgan fingerprint density at radius 1 is 1.42 bits per heavy atom. The van der Waals surface area contributed by atoms with Crippen LogP contribution >= 0.6 is 11.8 Å². The maximum Gasteiger partial charge on any atom is 0.230 e. The molecule has 1 unspecified atom stereocenters. The van der Waals surface area contributed by atoms with E-state index in [2.05, 4.69) is 42.3 Å². The summed E-state index contributed by atoms with van der Waals surface area (Å²) in [6, 6.07) is 6.32. The predicted molar refractivity (Wildman–Crippen MR) is 95.7 cm³/mol. The Bertz CT molecular complexity index is 708. The number of hydrogen-bond donors (Lipinski definition) is 1. The van der Waals surface area contributed by atoms with E-state index in [0.717, 1.165) is 30.3 Å². The molecule has 3 rings (SSSR count). The Hall–Kier alpha value is -1.79. The summed E-state index contributed by atoms with van der Waals surface area (Å²) < 4.78 is 7.53. The second-order valence-corrected chi connectivity index (χ2v) is 7.02. The third-order valence-electron chi connectivity index (χ3n) is 4.26. The van der Waals surface area contributed by atoms with E-state index in [1.807, 2.05) is 10.8 Å². The molecule has 1 aromatic heterocycles. The minimum atomic E-state index is 0.0186. The van der Waals surface area contributed by atoms with Crippen molar-refractivity contribution in [1.29, 1.82) is 0 Å². The zero-order valence-corrected chi connectivity index (χ0v) is 14.9. The predicted octanol–water partition coefficient (Wildman–Crippen LogP) is 2.88. The number of nitrogens with one attached hydrogen (secondary N) is 1. The summed E-state index contributed by atoms with van der Waals surface area (Å²) >= 11 is 1.45. The molecule has 24 heavy (non-hydrogen) atoms. The van der Waals surface area contributed by atoms with Crippen LogP contribution in [0.15, 0.2) is 35.7 Å². The van der Waals surface area contributed by atoms with Crippen LogP contribution in [-0.4, -0.2) is 40.5 Å². The summed E-state index contributed by atoms with van der Waals surface area (Å²) in [5.41, 5.74) is 3.57. The van der Waals surface area contributed by atoms with Crippen molar-refractivity contribution < 1.29 is 9.53 Å². The molecule has 5 nitrogen and oxygen atoms in total. The Balaban J connectivity index is 1.57. The highest BCUT2D eigenvalue weighted by atomic mass is 32.2. The summed E-state index contributed by atoms with van der Waals surface area (Å²) in [5, 5.41) is 3.77. The topological polar surface area (TPSA) is 56.2 Å². The average molecular weight is 345 g/mol. The van der Waals surface area contributed by atoms with Gasteiger partial charge in [0.1, 0.15) is 0 Å². The number of aromatic nitrogens is 2. The number of benzene rings is 1. The lowest BCUT2D eigenvalue weighted by Crippen LogP contribution is -2.32. The number of carbonyl (C=O) groups excluding carboxylic acids is 1. The molecule has 128 valence electrons. The van der Waals surface area contributed by atoms with Gasteiger partial charge < -0.3 is 10.1 Å². The lowest BCUT2D eigenvalue weighted by molar-refractivity contribution is -0.119. The standard InChI is InChI=1S/C18H23N3O2S/c1-13-5-6-15(10-14(13)2)21-8-7-19-18(21)24-12-17(22)20-11-16-4-3-9-23-16/h5-8,10,16H,3-4,9,11-12H2,1-2H3,(H,20,22). The van der Waals surface area contributed by atoms with Gasteiger partial charge in [0, 0.05) is 31.2 Å². The molecule has 0 bridgehead atoms. The summed E-state index contributed by atoms with van der Waals surface area (Å²) in [6.07, 6.45) is 5.99. The highest BCUT2D eigenvalue weighted by Gasteiger charge is 2.16. The van der Waals surface area contributed by atoms with Crippen LogP contribution in [0.5, 0.6) is 0 Å². The maximum absolute atomic E-state index is 12.0. The number of ether oxygens (including phenoxy) is 1. The molecular weight excluding hydrogens is 322 g/mol. The average Bonchev–Trinajstić information content (AvgIpc) is 3.25. The molecule has 0 saturated carbocycles. The quantitative estimate of drug-likeness (QED) is 0.818. The second-order valence-electron chi connectivity index (χ2n) is 6.08. The number of carbonyl (C=O) groups is 1. The molecule has 1 aromatic carbocycles. The van der Waals surface area contributed by atoms with Gasteiger partial charge in [-0.25, -0.2) is 4.98 Å². The Kier molecular flexibility index (Phi) is 5.58. The van der Waals surface area contributed by atoms with Crippen molar-refractivity contribution in [2.75, 3.05) is 18.9 Å². The van der Waals surface area contributed by atoms with Crippen LogP contribution in [0, 0.1) is 13.8 Å². The van der Waals surface area contributed by atoms with E-state index in [4.69, 9.17) is 4.74 Å². The SMILES string of the molecule is Cc1ccc(-n2ccnc2SCC(=O)NCC2CCCO2)cc1C. The fraction of sp³-hybridized carbons (Fsp3) is 0.444. The van der Waals surface area contributed by atoms with Gasteiger partial charge in [0.05, 0.1) is 11.9 Å². The molecule has 1 aliphatic rings. The number of thioether (sulfide) groups is 1. The fourth-order valence-electron chi connectivity index (χ4n) is 2.68. The highest BCUT2D eigenvalue weighted by molar-refractivity contribution is 7.99. The molecule has 6 heteroatoms. The smallest absolute Gasteiger partial charge is 0.230 e. The van der Waals surface area contributed by atoms with E-state index in [-0.39, 0.29) is 12.0 Å². The maximum atomic E-state index is 12.0. The first-order chi connectivity index (χ1) is 11.6. The summed E-state index contributed by atoms with van der Waals surface area (Å²) in [7, 11) is 0. The van der Waals surface area contributed by atoms with Crippen LogP contribution in [0.1, 0.15) is 24.0 Å². The van der Waals surface area contributed by atoms with Gasteiger partial charge in [0.15, 0.2) is 5.16 Å². The first-order valence-corrected chi connectivity index (χ1v) is 9.24. The van der Waals surface area contributed by atoms with E-state index >= 15 is 0 Å². The number of nitrogens with zero attached hydrogens (tertiary/aromatic N) is 2. The van der Waals surface area contributed by atoms with Crippen LogP contribution in [-0.2, 0) is 9.53 Å². The van der Waals surface area contributed by atoms with E-state index in [1.165, 1.54) is 22.9 Å². The van der Waals surface area contributed by atoms with Gasteiger partial charge in [-0.05, 0) is 49.9 Å². The first kappa shape index (κ1) is 17.0. The molecule has 1 atom stereocenters. The Morgan fingerprint density at radius 2 is 2.29 bits per heavy atom. The van der Waals surface area contributed by atoms with Crippen molar-refractivity contribution in [3.63, 3.8) is 0 Å². The molecule has 1 fully saturated rings. The lowest BCUT2D eigenvalue weighted by atomic mass is 10.1. The summed E-state index contributed by atoms with van der Waals surface area (Å²) in [6.45, 7) is 5.61. The minimum Gasteiger partial charge on any atom is -0.376 e. The van der Waals surface area contributed by atoms with Crippen molar-refractivity contribution in [3.05, 3.63) is 41.7 Å². The highest BCUT2D eigenvalue weighted by Crippen LogP contribution is 2.22. The monoisotopic (exact) mass is 345 g/mol. The van der Waals surface area contributed by atoms with Gasteiger partial charge in [-0.3, -0.25) is 9.36 Å². The van der Waals surface area contributed by atoms with Gasteiger partial charge in [-0.2, -0.15) is 0 Å². The molecule has 2 heterocycles. The third kappa shape index (κ3) is 4.19. The number of aryl methyl sites for hydroxylation is 2. The van der Waals surface area contributed by atoms with Gasteiger partial charge in [0.2, 0.25) is 5.91 Å². The number of rotatable bonds is 6. The van der Waals surface area contributed by atoms with Gasteiger partial charge in [-0.15, -0.1) is 0 Å². The van der Waals surface area contributed by atoms with E-state index < -0.39 is 0 Å². The number of hydrogen-bond acceptors (Lipinski definition) is 4. The molecule has 1 amide bonds. The van der Waals surface area contributed by atoms with E-state index in [1.54, 1.807) is 6.20 Å². The van der Waals surface area contributed by atoms with E-state index in [9.17, 15) is 4.79 Å². The van der Waals surface area contributed by atoms with Crippen molar-refractivity contribution >= 4 is 17.7 Å². The molecule has 0 radical (unpaired) electrons. The van der Waals surface area contributed by atoms with Crippen LogP contribution in [0.4, 0.5) is 0 Å². The largest absolute Gasteiger partial charge is 0.376 e. The van der Waals surface area contributed by atoms with Crippen molar-refractivity contribution in [3.8, 4) is 5.69 Å². The third-order valence-corrected chi connectivity index (χ3v) is 5.23. The summed E-state index contributed by atoms with van der Waals surface area (Å²) in [4.78, 5) is 16.4. The number of imidazole rings is 1. The van der Waals surface area contributed by atoms with Crippen molar-refractivity contribution in [2.24, 2.45) is 0 Å². The van der Waals surface area contributed by atoms with Crippen molar-refractivity contribution in [2.45, 2.75) is 37.9 Å². The van der Waals surface area contributed by atoms with Crippen LogP contribution in [0.25, 0.3) is 5.69 Å². The molecular formula is C18H23N3O2S. The number of amides is 1. The molecule has 1 saturated heterocycles. The minimum absolute atomic E-state index is 0.0186. The molecule has 1 N–H and O–H groups in total. The Labute approximate surface area is 146 Å². The van der Waals surface area contributed by atoms with Crippen LogP contribution < -0.4 is 5.32 Å². The van der Waals surface area contributed by atoms with Gasteiger partial charge >= 0.3 is 0 Å². The van der Waals surface area contributed by atoms with Gasteiger partial charge in [-0.1, -0.05) is 17.8 Å². The van der Waals surface area contributed by atoms with Crippen molar-refractivity contribution in [1.82, 2.24) is 14.9 Å². The Morgan fingerprint density at radius 3 is 3.04 bits per heavy atom. The van der Waals surface area contributed by atoms with Crippen LogP contribution in [0.3, 0.4) is 0 Å². The van der Waals surface area contributed by atoms with E-state index in [0.29, 0.717) is 12.3 Å². The zero-order chi connectivity index (χ0) is 16.9. The summed E-state index contributed by atoms with van der Waals surface area (Å²) in [5.74, 6) is 0.374. The fourth-order valence-corrected chi connectivity index (χ4v) is 3.49. The molecule has 1 aliphatic heterocycles. The molecule has 0 aliphatic carbocycles. The van der Waals surface area contributed by atoms with Gasteiger partial charge in [0.25, 0.3) is 0 Å². The normalized spacial score (nSPS) is 17.2. The van der Waals surface area contributed by atoms with Crippen LogP contribution in [0.2, 0.25) is 0 Å². The second kappa shape index (κ2) is 7.85.